The third kappa shape index (κ3) is 5.14. The summed E-state index contributed by atoms with van der Waals surface area (Å²) in [6.45, 7) is 5.03. The van der Waals surface area contributed by atoms with Crippen LogP contribution in [0.4, 0.5) is 0 Å². The minimum absolute atomic E-state index is 0.220. The largest absolute Gasteiger partial charge is 0.474 e. The lowest BCUT2D eigenvalue weighted by Gasteiger charge is -2.28. The van der Waals surface area contributed by atoms with Crippen LogP contribution in [0.3, 0.4) is 0 Å². The van der Waals surface area contributed by atoms with Gasteiger partial charge in [-0.05, 0) is 67.1 Å². The number of nitrogens with zero attached hydrogens (tertiary/aromatic N) is 2. The Balaban J connectivity index is 2.03. The molecular formula is C18H27BrN2O2S. The first-order valence-electron chi connectivity index (χ1n) is 8.54. The molecule has 0 aliphatic heterocycles. The SMILES string of the molecule is CCN(C)C(=S)Cc1cc(Br)c(OC2CCC(OC)CC2)nc1C. The Kier molecular flexibility index (Phi) is 7.44. The summed E-state index contributed by atoms with van der Waals surface area (Å²) in [7, 11) is 3.81. The van der Waals surface area contributed by atoms with Crippen LogP contribution in [0.1, 0.15) is 43.9 Å². The van der Waals surface area contributed by atoms with E-state index >= 15 is 0 Å². The molecular weight excluding hydrogens is 388 g/mol. The van der Waals surface area contributed by atoms with Crippen LogP contribution < -0.4 is 4.74 Å². The Bertz CT molecular complexity index is 574. The molecule has 1 aliphatic rings. The van der Waals surface area contributed by atoms with E-state index in [0.717, 1.165) is 59.4 Å². The van der Waals surface area contributed by atoms with Crippen LogP contribution in [0, 0.1) is 6.92 Å². The Morgan fingerprint density at radius 1 is 1.33 bits per heavy atom. The predicted octanol–water partition coefficient (Wildman–Crippen LogP) is 4.31. The first kappa shape index (κ1) is 19.6. The van der Waals surface area contributed by atoms with Crippen molar-refractivity contribution in [3.8, 4) is 5.88 Å². The molecule has 0 bridgehead atoms. The molecule has 1 aromatic heterocycles. The van der Waals surface area contributed by atoms with E-state index in [2.05, 4.69) is 38.8 Å². The van der Waals surface area contributed by atoms with Crippen molar-refractivity contribution in [2.24, 2.45) is 0 Å². The van der Waals surface area contributed by atoms with E-state index in [1.54, 1.807) is 7.11 Å². The van der Waals surface area contributed by atoms with Gasteiger partial charge in [0.05, 0.1) is 15.6 Å². The van der Waals surface area contributed by atoms with Crippen molar-refractivity contribution in [2.75, 3.05) is 20.7 Å². The van der Waals surface area contributed by atoms with Crippen LogP contribution >= 0.6 is 28.1 Å². The molecule has 0 radical (unpaired) electrons. The van der Waals surface area contributed by atoms with Crippen LogP contribution in [0.25, 0.3) is 0 Å². The molecule has 1 saturated carbocycles. The van der Waals surface area contributed by atoms with Gasteiger partial charge in [-0.15, -0.1) is 0 Å². The highest BCUT2D eigenvalue weighted by atomic mass is 79.9. The van der Waals surface area contributed by atoms with Crippen LogP contribution in [-0.2, 0) is 11.2 Å². The summed E-state index contributed by atoms with van der Waals surface area (Å²) in [6.07, 6.45) is 5.45. The molecule has 0 atom stereocenters. The van der Waals surface area contributed by atoms with Crippen molar-refractivity contribution in [3.05, 3.63) is 21.8 Å². The summed E-state index contributed by atoms with van der Waals surface area (Å²) >= 11 is 9.10. The molecule has 4 nitrogen and oxygen atoms in total. The van der Waals surface area contributed by atoms with Crippen molar-refractivity contribution >= 4 is 33.1 Å². The molecule has 2 rings (SSSR count). The maximum absolute atomic E-state index is 6.13. The first-order valence-corrected chi connectivity index (χ1v) is 9.74. The molecule has 1 heterocycles. The van der Waals surface area contributed by atoms with Gasteiger partial charge >= 0.3 is 0 Å². The van der Waals surface area contributed by atoms with Gasteiger partial charge in [0.1, 0.15) is 6.10 Å². The quantitative estimate of drug-likeness (QED) is 0.647. The molecule has 134 valence electrons. The highest BCUT2D eigenvalue weighted by Crippen LogP contribution is 2.30. The number of aromatic nitrogens is 1. The molecule has 1 aliphatic carbocycles. The lowest BCUT2D eigenvalue weighted by atomic mass is 9.95. The lowest BCUT2D eigenvalue weighted by Crippen LogP contribution is -2.28. The number of hydrogen-bond donors (Lipinski definition) is 0. The second-order valence-corrected chi connectivity index (χ2v) is 7.68. The maximum atomic E-state index is 6.13. The molecule has 0 spiro atoms. The van der Waals surface area contributed by atoms with Crippen LogP contribution in [0.2, 0.25) is 0 Å². The molecule has 1 aromatic rings. The van der Waals surface area contributed by atoms with Crippen molar-refractivity contribution in [2.45, 2.75) is 58.2 Å². The number of rotatable bonds is 6. The van der Waals surface area contributed by atoms with Crippen LogP contribution in [0.15, 0.2) is 10.5 Å². The lowest BCUT2D eigenvalue weighted by molar-refractivity contribution is 0.0311. The van der Waals surface area contributed by atoms with Gasteiger partial charge in [0.25, 0.3) is 0 Å². The van der Waals surface area contributed by atoms with E-state index in [0.29, 0.717) is 12.0 Å². The fourth-order valence-electron chi connectivity index (χ4n) is 2.88. The molecule has 0 saturated heterocycles. The Morgan fingerprint density at radius 3 is 2.54 bits per heavy atom. The van der Waals surface area contributed by atoms with E-state index in [1.807, 2.05) is 14.0 Å². The summed E-state index contributed by atoms with van der Waals surface area (Å²) in [5.74, 6) is 0.687. The number of pyridine rings is 1. The van der Waals surface area contributed by atoms with Gasteiger partial charge in [0.15, 0.2) is 0 Å². The number of ether oxygens (including phenoxy) is 2. The predicted molar refractivity (Wildman–Crippen MR) is 105 cm³/mol. The number of halogens is 1. The van der Waals surface area contributed by atoms with E-state index in [9.17, 15) is 0 Å². The van der Waals surface area contributed by atoms with Gasteiger partial charge in [-0.2, -0.15) is 0 Å². The second kappa shape index (κ2) is 9.11. The zero-order chi connectivity index (χ0) is 17.7. The van der Waals surface area contributed by atoms with Crippen molar-refractivity contribution < 1.29 is 9.47 Å². The van der Waals surface area contributed by atoms with Gasteiger partial charge in [0, 0.05) is 32.8 Å². The zero-order valence-corrected chi connectivity index (χ0v) is 17.4. The van der Waals surface area contributed by atoms with Gasteiger partial charge in [-0.3, -0.25) is 0 Å². The molecule has 0 amide bonds. The molecule has 0 aromatic carbocycles. The molecule has 1 fully saturated rings. The van der Waals surface area contributed by atoms with Gasteiger partial charge in [-0.25, -0.2) is 4.98 Å². The third-order valence-electron chi connectivity index (χ3n) is 4.71. The van der Waals surface area contributed by atoms with E-state index in [-0.39, 0.29) is 6.10 Å². The van der Waals surface area contributed by atoms with E-state index < -0.39 is 0 Å². The Labute approximate surface area is 159 Å². The molecule has 0 unspecified atom stereocenters. The zero-order valence-electron chi connectivity index (χ0n) is 15.0. The summed E-state index contributed by atoms with van der Waals surface area (Å²) in [5, 5.41) is 0. The fourth-order valence-corrected chi connectivity index (χ4v) is 3.62. The summed E-state index contributed by atoms with van der Waals surface area (Å²) in [6, 6.07) is 2.09. The molecule has 0 N–H and O–H groups in total. The minimum atomic E-state index is 0.220. The van der Waals surface area contributed by atoms with Crippen molar-refractivity contribution in [1.29, 1.82) is 0 Å². The van der Waals surface area contributed by atoms with Crippen molar-refractivity contribution in [1.82, 2.24) is 9.88 Å². The topological polar surface area (TPSA) is 34.6 Å². The first-order chi connectivity index (χ1) is 11.4. The monoisotopic (exact) mass is 414 g/mol. The highest BCUT2D eigenvalue weighted by molar-refractivity contribution is 9.10. The van der Waals surface area contributed by atoms with Crippen LogP contribution in [-0.4, -0.2) is 47.8 Å². The standard InChI is InChI=1S/C18H27BrN2O2S/c1-5-21(3)17(24)11-13-10-16(19)18(20-12(13)2)23-15-8-6-14(22-4)7-9-15/h10,14-15H,5-9,11H2,1-4H3. The van der Waals surface area contributed by atoms with Crippen LogP contribution in [0.5, 0.6) is 5.88 Å². The summed E-state index contributed by atoms with van der Waals surface area (Å²) < 4.78 is 12.5. The summed E-state index contributed by atoms with van der Waals surface area (Å²) in [5.41, 5.74) is 2.12. The normalized spacial score (nSPS) is 20.7. The average Bonchev–Trinajstić information content (AvgIpc) is 2.59. The average molecular weight is 415 g/mol. The fraction of sp³-hybridized carbons (Fsp3) is 0.667. The number of thiocarbonyl (C=S) groups is 1. The number of aryl methyl sites for hydroxylation is 1. The van der Waals surface area contributed by atoms with Crippen molar-refractivity contribution in [3.63, 3.8) is 0 Å². The number of likely N-dealkylation sites (N-methyl/N-ethyl adjacent to an activating group) is 1. The number of methoxy groups -OCH3 is 1. The van der Waals surface area contributed by atoms with Gasteiger partial charge < -0.3 is 14.4 Å². The van der Waals surface area contributed by atoms with E-state index in [4.69, 9.17) is 21.7 Å². The molecule has 6 heteroatoms. The van der Waals surface area contributed by atoms with Gasteiger partial charge in [0.2, 0.25) is 5.88 Å². The highest BCUT2D eigenvalue weighted by Gasteiger charge is 2.23. The minimum Gasteiger partial charge on any atom is -0.474 e. The Hall–Kier alpha value is -0.720. The number of hydrogen-bond acceptors (Lipinski definition) is 4. The smallest absolute Gasteiger partial charge is 0.228 e. The molecule has 24 heavy (non-hydrogen) atoms. The maximum Gasteiger partial charge on any atom is 0.228 e. The van der Waals surface area contributed by atoms with E-state index in [1.165, 1.54) is 0 Å². The second-order valence-electron chi connectivity index (χ2n) is 6.36. The summed E-state index contributed by atoms with van der Waals surface area (Å²) in [4.78, 5) is 7.68. The Morgan fingerprint density at radius 2 is 1.96 bits per heavy atom. The third-order valence-corrected chi connectivity index (χ3v) is 5.74. The van der Waals surface area contributed by atoms with Gasteiger partial charge in [-0.1, -0.05) is 12.2 Å².